The van der Waals surface area contributed by atoms with Crippen LogP contribution < -0.4 is 4.90 Å². The Balaban J connectivity index is 1.41. The first kappa shape index (κ1) is 15.5. The molecule has 6 nitrogen and oxygen atoms in total. The Hall–Kier alpha value is -2.73. The molecular weight excluding hydrogens is 348 g/mol. The van der Waals surface area contributed by atoms with Crippen molar-refractivity contribution in [2.75, 3.05) is 18.0 Å². The summed E-state index contributed by atoms with van der Waals surface area (Å²) >= 11 is 6.09. The third kappa shape index (κ3) is 2.57. The molecule has 0 amide bonds. The number of benzene rings is 1. The first-order valence-electron chi connectivity index (χ1n) is 8.74. The van der Waals surface area contributed by atoms with Gasteiger partial charge in [-0.15, -0.1) is 10.2 Å². The van der Waals surface area contributed by atoms with Gasteiger partial charge < -0.3 is 4.90 Å². The maximum Gasteiger partial charge on any atom is 0.160 e. The van der Waals surface area contributed by atoms with E-state index in [9.17, 15) is 0 Å². The van der Waals surface area contributed by atoms with Crippen LogP contribution in [-0.4, -0.2) is 37.7 Å². The Morgan fingerprint density at radius 1 is 1.00 bits per heavy atom. The molecule has 130 valence electrons. The highest BCUT2D eigenvalue weighted by atomic mass is 35.5. The number of hydrogen-bond acceptors (Lipinski definition) is 5. The summed E-state index contributed by atoms with van der Waals surface area (Å²) in [5.74, 6) is 2.45. The van der Waals surface area contributed by atoms with Gasteiger partial charge in [0.2, 0.25) is 0 Å². The van der Waals surface area contributed by atoms with Gasteiger partial charge in [0, 0.05) is 35.6 Å². The molecule has 0 atom stereocenters. The van der Waals surface area contributed by atoms with Crippen molar-refractivity contribution in [3.05, 3.63) is 59.8 Å². The maximum absolute atomic E-state index is 6.09. The zero-order valence-electron chi connectivity index (χ0n) is 14.1. The summed E-state index contributed by atoms with van der Waals surface area (Å²) in [6.45, 7) is 1.86. The van der Waals surface area contributed by atoms with Gasteiger partial charge in [-0.2, -0.15) is 0 Å². The Morgan fingerprint density at radius 3 is 2.77 bits per heavy atom. The lowest BCUT2D eigenvalue weighted by Crippen LogP contribution is -2.34. The fourth-order valence-corrected chi connectivity index (χ4v) is 3.92. The third-order valence-corrected chi connectivity index (χ3v) is 5.31. The molecule has 4 aromatic rings. The molecule has 0 N–H and O–H groups in total. The Kier molecular flexibility index (Phi) is 3.71. The molecule has 1 fully saturated rings. The fraction of sp³-hybridized carbons (Fsp3) is 0.263. The van der Waals surface area contributed by atoms with E-state index in [1.54, 1.807) is 6.33 Å². The molecule has 3 aromatic heterocycles. The highest BCUT2D eigenvalue weighted by Gasteiger charge is 2.26. The molecule has 0 radical (unpaired) electrons. The second-order valence-corrected chi connectivity index (χ2v) is 7.04. The van der Waals surface area contributed by atoms with Crippen LogP contribution in [0.2, 0.25) is 5.02 Å². The molecule has 7 heteroatoms. The van der Waals surface area contributed by atoms with Crippen molar-refractivity contribution in [2.45, 2.75) is 18.8 Å². The fourth-order valence-electron chi connectivity index (χ4n) is 3.76. The van der Waals surface area contributed by atoms with E-state index < -0.39 is 0 Å². The zero-order valence-corrected chi connectivity index (χ0v) is 14.8. The van der Waals surface area contributed by atoms with Crippen LogP contribution >= 0.6 is 11.6 Å². The lowest BCUT2D eigenvalue weighted by Gasteiger charge is -2.32. The van der Waals surface area contributed by atoms with E-state index in [1.165, 1.54) is 0 Å². The van der Waals surface area contributed by atoms with E-state index in [2.05, 4.69) is 29.5 Å². The van der Waals surface area contributed by atoms with Gasteiger partial charge in [-0.05, 0) is 43.2 Å². The van der Waals surface area contributed by atoms with E-state index in [0.29, 0.717) is 10.9 Å². The summed E-state index contributed by atoms with van der Waals surface area (Å²) in [6.07, 6.45) is 5.70. The highest BCUT2D eigenvalue weighted by Crippen LogP contribution is 2.32. The van der Waals surface area contributed by atoms with Gasteiger partial charge in [-0.3, -0.25) is 4.40 Å². The predicted octanol–water partition coefficient (Wildman–Crippen LogP) is 3.71. The molecule has 1 saturated heterocycles. The summed E-state index contributed by atoms with van der Waals surface area (Å²) in [5.41, 5.74) is 1.79. The summed E-state index contributed by atoms with van der Waals surface area (Å²) < 4.78 is 2.10. The lowest BCUT2D eigenvalue weighted by atomic mass is 9.95. The molecule has 5 rings (SSSR count). The normalized spacial score (nSPS) is 15.8. The third-order valence-electron chi connectivity index (χ3n) is 5.08. The Bertz CT molecular complexity index is 1080. The molecule has 26 heavy (non-hydrogen) atoms. The van der Waals surface area contributed by atoms with Gasteiger partial charge in [-0.1, -0.05) is 17.7 Å². The molecule has 1 aliphatic heterocycles. The van der Waals surface area contributed by atoms with E-state index in [1.807, 2.05) is 42.6 Å². The highest BCUT2D eigenvalue weighted by molar-refractivity contribution is 6.31. The minimum absolute atomic E-state index is 0.409. The van der Waals surface area contributed by atoms with Crippen LogP contribution in [0.3, 0.4) is 0 Å². The summed E-state index contributed by atoms with van der Waals surface area (Å²) in [7, 11) is 0. The Labute approximate surface area is 155 Å². The summed E-state index contributed by atoms with van der Waals surface area (Å²) in [6, 6.07) is 11.8. The standard InChI is InChI=1S/C19H17ClN6/c20-14-4-5-15-16(11-14)21-12-22-19(15)25-9-6-13(7-10-25)18-24-23-17-3-1-2-8-26(17)18/h1-5,8,11-13H,6-7,9-10H2. The molecule has 1 aliphatic rings. The average molecular weight is 365 g/mol. The van der Waals surface area contributed by atoms with Crippen molar-refractivity contribution in [2.24, 2.45) is 0 Å². The molecule has 0 aliphatic carbocycles. The molecule has 0 unspecified atom stereocenters. The van der Waals surface area contributed by atoms with Crippen LogP contribution in [0.25, 0.3) is 16.6 Å². The largest absolute Gasteiger partial charge is 0.356 e. The molecule has 1 aromatic carbocycles. The number of fused-ring (bicyclic) bond motifs is 2. The van der Waals surface area contributed by atoms with Crippen LogP contribution in [-0.2, 0) is 0 Å². The number of nitrogens with zero attached hydrogens (tertiary/aromatic N) is 6. The second kappa shape index (κ2) is 6.21. The van der Waals surface area contributed by atoms with Crippen molar-refractivity contribution in [3.8, 4) is 0 Å². The quantitative estimate of drug-likeness (QED) is 0.542. The summed E-state index contributed by atoms with van der Waals surface area (Å²) in [5, 5.41) is 10.5. The minimum atomic E-state index is 0.409. The van der Waals surface area contributed by atoms with Crippen molar-refractivity contribution in [3.63, 3.8) is 0 Å². The monoisotopic (exact) mass is 364 g/mol. The van der Waals surface area contributed by atoms with Gasteiger partial charge >= 0.3 is 0 Å². The molecular formula is C19H17ClN6. The van der Waals surface area contributed by atoms with E-state index in [-0.39, 0.29) is 0 Å². The van der Waals surface area contributed by atoms with Crippen LogP contribution in [0.15, 0.2) is 48.9 Å². The first-order chi connectivity index (χ1) is 12.8. The van der Waals surface area contributed by atoms with E-state index in [0.717, 1.165) is 54.1 Å². The van der Waals surface area contributed by atoms with Crippen molar-refractivity contribution < 1.29 is 0 Å². The predicted molar refractivity (Wildman–Crippen MR) is 102 cm³/mol. The average Bonchev–Trinajstić information content (AvgIpc) is 3.11. The molecule has 0 bridgehead atoms. The van der Waals surface area contributed by atoms with Crippen LogP contribution in [0, 0.1) is 0 Å². The number of hydrogen-bond donors (Lipinski definition) is 0. The topological polar surface area (TPSA) is 59.2 Å². The number of anilines is 1. The summed E-state index contributed by atoms with van der Waals surface area (Å²) in [4.78, 5) is 11.2. The van der Waals surface area contributed by atoms with Gasteiger partial charge in [-0.25, -0.2) is 9.97 Å². The van der Waals surface area contributed by atoms with Crippen molar-refractivity contribution in [1.82, 2.24) is 24.6 Å². The second-order valence-electron chi connectivity index (χ2n) is 6.61. The molecule has 0 saturated carbocycles. The van der Waals surface area contributed by atoms with Crippen LogP contribution in [0.1, 0.15) is 24.6 Å². The Morgan fingerprint density at radius 2 is 1.88 bits per heavy atom. The van der Waals surface area contributed by atoms with Gasteiger partial charge in [0.05, 0.1) is 5.52 Å². The smallest absolute Gasteiger partial charge is 0.160 e. The number of halogens is 1. The molecule has 4 heterocycles. The van der Waals surface area contributed by atoms with Crippen LogP contribution in [0.5, 0.6) is 0 Å². The number of pyridine rings is 1. The van der Waals surface area contributed by atoms with Gasteiger partial charge in [0.15, 0.2) is 5.65 Å². The minimum Gasteiger partial charge on any atom is -0.356 e. The van der Waals surface area contributed by atoms with Crippen molar-refractivity contribution in [1.29, 1.82) is 0 Å². The van der Waals surface area contributed by atoms with Gasteiger partial charge in [0.25, 0.3) is 0 Å². The van der Waals surface area contributed by atoms with Gasteiger partial charge in [0.1, 0.15) is 18.0 Å². The number of rotatable bonds is 2. The van der Waals surface area contributed by atoms with Crippen molar-refractivity contribution >= 4 is 34.0 Å². The number of piperidine rings is 1. The lowest BCUT2D eigenvalue weighted by molar-refractivity contribution is 0.481. The van der Waals surface area contributed by atoms with E-state index >= 15 is 0 Å². The van der Waals surface area contributed by atoms with E-state index in [4.69, 9.17) is 11.6 Å². The zero-order chi connectivity index (χ0) is 17.5. The first-order valence-corrected chi connectivity index (χ1v) is 9.12. The van der Waals surface area contributed by atoms with Crippen LogP contribution in [0.4, 0.5) is 5.82 Å². The number of aromatic nitrogens is 5. The SMILES string of the molecule is Clc1ccc2c(N3CCC(c4nnc5ccccn45)CC3)ncnc2c1. The maximum atomic E-state index is 6.09. The molecule has 0 spiro atoms.